The van der Waals surface area contributed by atoms with Crippen molar-refractivity contribution in [2.75, 3.05) is 35.0 Å². The first-order chi connectivity index (χ1) is 30.9. The number of amides is 1. The average molecular weight is 915 g/mol. The fourth-order valence-corrected chi connectivity index (χ4v) is 10.3. The Hall–Kier alpha value is -3.08. The summed E-state index contributed by atoms with van der Waals surface area (Å²) in [6, 6.07) is -1.62. The molecule has 14 nitrogen and oxygen atoms in total. The number of methoxy groups -OCH3 is 4. The summed E-state index contributed by atoms with van der Waals surface area (Å²) in [5.74, 6) is -6.20. The summed E-state index contributed by atoms with van der Waals surface area (Å²) in [5.41, 5.74) is 8.48. The number of ether oxygens (including phenoxy) is 6. The molecule has 65 heavy (non-hydrogen) atoms. The van der Waals surface area contributed by atoms with Crippen LogP contribution in [0.15, 0.2) is 47.6 Å². The van der Waals surface area contributed by atoms with Crippen molar-refractivity contribution in [3.05, 3.63) is 47.6 Å². The van der Waals surface area contributed by atoms with Crippen LogP contribution in [0.1, 0.15) is 125 Å². The van der Waals surface area contributed by atoms with E-state index >= 15 is 0 Å². The minimum Gasteiger partial charge on any atom is -0.459 e. The summed E-state index contributed by atoms with van der Waals surface area (Å²) in [5, 5.41) is 23.4. The molecule has 1 aliphatic carbocycles. The van der Waals surface area contributed by atoms with Crippen molar-refractivity contribution >= 4 is 23.4 Å². The lowest BCUT2D eigenvalue weighted by Gasteiger charge is -2.42. The summed E-state index contributed by atoms with van der Waals surface area (Å²) in [7, 11) is 6.39. The Balaban J connectivity index is 1.67. The van der Waals surface area contributed by atoms with Gasteiger partial charge in [-0.25, -0.2) is 4.79 Å². The molecule has 0 aromatic heterocycles. The molecule has 0 radical (unpaired) electrons. The highest BCUT2D eigenvalue weighted by atomic mass is 16.6. The minimum absolute atomic E-state index is 0.0153. The molecule has 3 aliphatic heterocycles. The van der Waals surface area contributed by atoms with Gasteiger partial charge in [-0.1, -0.05) is 64.2 Å². The predicted molar refractivity (Wildman–Crippen MR) is 248 cm³/mol. The number of cyclic esters (lactones) is 1. The van der Waals surface area contributed by atoms with Crippen molar-refractivity contribution in [2.45, 2.75) is 186 Å². The number of aliphatic hydroxyl groups excluding tert-OH is 1. The zero-order valence-corrected chi connectivity index (χ0v) is 40.9. The van der Waals surface area contributed by atoms with Crippen LogP contribution in [-0.2, 0) is 47.6 Å². The van der Waals surface area contributed by atoms with Crippen LogP contribution in [-0.4, -0.2) is 134 Å². The molecular weight excluding hydrogens is 833 g/mol. The highest BCUT2D eigenvalue weighted by Gasteiger charge is 2.53. The van der Waals surface area contributed by atoms with E-state index in [9.17, 15) is 29.4 Å². The summed E-state index contributed by atoms with van der Waals surface area (Å²) in [6.07, 6.45) is 14.8. The van der Waals surface area contributed by atoms with Crippen molar-refractivity contribution in [3.8, 4) is 0 Å². The smallest absolute Gasteiger partial charge is 0.329 e. The van der Waals surface area contributed by atoms with Crippen molar-refractivity contribution < 1.29 is 57.8 Å². The lowest BCUT2D eigenvalue weighted by Crippen LogP contribution is -2.61. The third-order valence-electron chi connectivity index (χ3n) is 14.5. The molecule has 1 saturated carbocycles. The van der Waals surface area contributed by atoms with Crippen LogP contribution in [0.4, 0.5) is 0 Å². The van der Waals surface area contributed by atoms with E-state index in [0.29, 0.717) is 63.4 Å². The molecule has 2 saturated heterocycles. The van der Waals surface area contributed by atoms with E-state index in [4.69, 9.17) is 34.2 Å². The lowest BCUT2D eigenvalue weighted by atomic mass is 9.80. The van der Waals surface area contributed by atoms with Gasteiger partial charge in [0.25, 0.3) is 11.7 Å². The quantitative estimate of drug-likeness (QED) is 0.146. The zero-order valence-electron chi connectivity index (χ0n) is 40.9. The summed E-state index contributed by atoms with van der Waals surface area (Å²) >= 11 is 0. The first-order valence-corrected chi connectivity index (χ1v) is 24.1. The maximum atomic E-state index is 14.4. The van der Waals surface area contributed by atoms with Crippen molar-refractivity contribution in [2.24, 2.45) is 35.3 Å². The van der Waals surface area contributed by atoms with E-state index in [1.54, 1.807) is 35.2 Å². The Labute approximate surface area is 388 Å². The molecular formula is C51H82N2O12. The van der Waals surface area contributed by atoms with Gasteiger partial charge in [-0.15, -0.1) is 0 Å². The topological polar surface area (TPSA) is 193 Å². The van der Waals surface area contributed by atoms with Gasteiger partial charge in [0.15, 0.2) is 5.78 Å². The number of nitrogens with zero attached hydrogens (tertiary/aromatic N) is 1. The zero-order chi connectivity index (χ0) is 48.0. The lowest BCUT2D eigenvalue weighted by molar-refractivity contribution is -0.265. The molecule has 0 aromatic rings. The number of carbonyl (C=O) groups excluding carboxylic acids is 4. The fraction of sp³-hybridized carbons (Fsp3) is 0.765. The van der Waals surface area contributed by atoms with E-state index in [-0.39, 0.29) is 54.6 Å². The molecule has 4 N–H and O–H groups in total. The van der Waals surface area contributed by atoms with Gasteiger partial charge in [-0.3, -0.25) is 14.4 Å². The Morgan fingerprint density at radius 3 is 2.20 bits per heavy atom. The van der Waals surface area contributed by atoms with Crippen LogP contribution in [0, 0.1) is 29.6 Å². The van der Waals surface area contributed by atoms with E-state index in [1.807, 2.05) is 64.2 Å². The van der Waals surface area contributed by atoms with Crippen molar-refractivity contribution in [1.82, 2.24) is 4.90 Å². The SMILES string of the molecule is CO[C@H]1C[C@@H]2CC[C@@H](C)[C@@](O)(O2)C(=O)C(=O)N2CCCC[C@H]2C(=O)O[C@H]([C@H](N)C[C@@H]2CC[C@@H](OC)[C@H](OC)C2)CC[C@H](C)/C=C(\C)[C@@H](O)[C@@H](OC)C(=O)[C@H](C)C[C@H](C)/C=C/C=CC=C1C. The molecule has 0 spiro atoms. The number of esters is 1. The highest BCUT2D eigenvalue weighted by Crippen LogP contribution is 2.37. The van der Waals surface area contributed by atoms with E-state index in [2.05, 4.69) is 0 Å². The number of aliphatic hydroxyl groups is 2. The van der Waals surface area contributed by atoms with E-state index in [0.717, 1.165) is 24.8 Å². The maximum Gasteiger partial charge on any atom is 0.329 e. The number of rotatable bonds is 7. The van der Waals surface area contributed by atoms with Gasteiger partial charge >= 0.3 is 5.97 Å². The number of ketones is 2. The van der Waals surface area contributed by atoms with Crippen LogP contribution in [0.2, 0.25) is 0 Å². The second-order valence-electron chi connectivity index (χ2n) is 19.6. The number of fused-ring (bicyclic) bond motifs is 3. The standard InChI is InChI=1S/C51H82N2O12/c1-31-16-12-11-13-17-33(3)43(61-8)30-38-22-20-36(6)51(59,65-38)48(56)49(57)53-25-15-14-18-40(53)50(58)64-41(39(52)28-37-21-24-42(60-7)44(29-37)62-9)23-19-32(2)27-35(5)46(55)47(63-10)45(54)34(4)26-31/h11-13,16-17,27,31-32,34,36-44,46-47,55,59H,14-15,18-26,28-30,52H2,1-10H3/b13-11?,16-12+,33-17?,35-27+/t31-,32+,34-,36-,37+,38+,39-,40+,41+,42-,43+,44-,46-,47+,51-/m1/s1. The van der Waals surface area contributed by atoms with Gasteiger partial charge in [0.1, 0.15) is 24.4 Å². The van der Waals surface area contributed by atoms with Crippen LogP contribution in [0.3, 0.4) is 0 Å². The van der Waals surface area contributed by atoms with Crippen LogP contribution in [0.25, 0.3) is 0 Å². The number of Topliss-reactive ketones (excluding diaryl/α,β-unsaturated/α-hetero) is 2. The molecule has 2 bridgehead atoms. The number of piperidine rings is 1. The monoisotopic (exact) mass is 915 g/mol. The van der Waals surface area contributed by atoms with E-state index < -0.39 is 72.0 Å². The molecule has 0 unspecified atom stereocenters. The van der Waals surface area contributed by atoms with Crippen LogP contribution < -0.4 is 5.73 Å². The van der Waals surface area contributed by atoms with Gasteiger partial charge in [-0.05, 0) is 120 Å². The summed E-state index contributed by atoms with van der Waals surface area (Å²) in [6.45, 7) is 11.4. The number of carbonyl (C=O) groups is 4. The Kier molecular flexibility index (Phi) is 21.7. The average Bonchev–Trinajstić information content (AvgIpc) is 3.29. The molecule has 15 atom stereocenters. The molecule has 4 rings (SSSR count). The number of hydrogen-bond acceptors (Lipinski definition) is 13. The first kappa shape index (κ1) is 54.5. The number of hydrogen-bond donors (Lipinski definition) is 3. The summed E-state index contributed by atoms with van der Waals surface area (Å²) in [4.78, 5) is 57.8. The Morgan fingerprint density at radius 2 is 1.52 bits per heavy atom. The van der Waals surface area contributed by atoms with Gasteiger partial charge in [0.2, 0.25) is 5.79 Å². The van der Waals surface area contributed by atoms with E-state index in [1.165, 1.54) is 12.0 Å². The first-order valence-electron chi connectivity index (χ1n) is 24.1. The van der Waals surface area contributed by atoms with Crippen LogP contribution >= 0.6 is 0 Å². The van der Waals surface area contributed by atoms with Crippen molar-refractivity contribution in [1.29, 1.82) is 0 Å². The largest absolute Gasteiger partial charge is 0.459 e. The maximum absolute atomic E-state index is 14.4. The third kappa shape index (κ3) is 14.7. The fourth-order valence-electron chi connectivity index (χ4n) is 10.3. The van der Waals surface area contributed by atoms with Crippen molar-refractivity contribution in [3.63, 3.8) is 0 Å². The number of allylic oxidation sites excluding steroid dienone is 6. The predicted octanol–water partition coefficient (Wildman–Crippen LogP) is 6.35. The number of nitrogens with two attached hydrogens (primary N) is 1. The van der Waals surface area contributed by atoms with Gasteiger partial charge < -0.3 is 49.3 Å². The Bertz CT molecular complexity index is 1700. The molecule has 1 amide bonds. The molecule has 368 valence electrons. The second kappa shape index (κ2) is 25.9. The van der Waals surface area contributed by atoms with Gasteiger partial charge in [0.05, 0.1) is 24.4 Å². The second-order valence-corrected chi connectivity index (χ2v) is 19.6. The molecule has 3 fully saturated rings. The van der Waals surface area contributed by atoms with Crippen LogP contribution in [0.5, 0.6) is 0 Å². The molecule has 14 heteroatoms. The highest BCUT2D eigenvalue weighted by molar-refractivity contribution is 6.39. The Morgan fingerprint density at radius 1 is 0.800 bits per heavy atom. The molecule has 3 heterocycles. The van der Waals surface area contributed by atoms with Gasteiger partial charge in [-0.2, -0.15) is 0 Å². The molecule has 0 aromatic carbocycles. The normalized spacial score (nSPS) is 39.1. The molecule has 4 aliphatic rings. The summed E-state index contributed by atoms with van der Waals surface area (Å²) < 4.78 is 35.4. The third-order valence-corrected chi connectivity index (χ3v) is 14.5. The van der Waals surface area contributed by atoms with Gasteiger partial charge in [0, 0.05) is 59.3 Å². The minimum atomic E-state index is -2.39.